The second kappa shape index (κ2) is 7.52. The van der Waals surface area contributed by atoms with Gasteiger partial charge in [0.15, 0.2) is 11.5 Å². The van der Waals surface area contributed by atoms with E-state index < -0.39 is 12.0 Å². The molecule has 0 aliphatic rings. The van der Waals surface area contributed by atoms with Crippen LogP contribution in [0.3, 0.4) is 0 Å². The van der Waals surface area contributed by atoms with Crippen LogP contribution in [0.5, 0.6) is 11.5 Å². The summed E-state index contributed by atoms with van der Waals surface area (Å²) < 4.78 is 10.4. The molecular weight excluding hydrogens is 274 g/mol. The fourth-order valence-corrected chi connectivity index (χ4v) is 1.85. The summed E-state index contributed by atoms with van der Waals surface area (Å²) in [5.41, 5.74) is 0.928. The minimum atomic E-state index is -1.02. The van der Waals surface area contributed by atoms with Gasteiger partial charge in [-0.1, -0.05) is 6.07 Å². The summed E-state index contributed by atoms with van der Waals surface area (Å²) in [4.78, 5) is 24.0. The largest absolute Gasteiger partial charge is 0.493 e. The lowest BCUT2D eigenvalue weighted by atomic mass is 10.1. The van der Waals surface area contributed by atoms with Crippen LogP contribution in [0, 0.1) is 0 Å². The Kier molecular flexibility index (Phi) is 6.02. The molecule has 0 radical (unpaired) electrons. The monoisotopic (exact) mass is 295 g/mol. The van der Waals surface area contributed by atoms with Crippen LogP contribution in [-0.4, -0.2) is 49.2 Å². The van der Waals surface area contributed by atoms with E-state index in [1.165, 1.54) is 18.9 Å². The molecule has 0 aromatic heterocycles. The summed E-state index contributed by atoms with van der Waals surface area (Å²) in [6.45, 7) is 1.48. The average Bonchev–Trinajstić information content (AvgIpc) is 2.50. The number of rotatable bonds is 7. The third-order valence-electron chi connectivity index (χ3n) is 3.41. The smallest absolute Gasteiger partial charge is 0.326 e. The van der Waals surface area contributed by atoms with Gasteiger partial charge in [-0.25, -0.2) is 4.79 Å². The van der Waals surface area contributed by atoms with Gasteiger partial charge in [0.25, 0.3) is 0 Å². The van der Waals surface area contributed by atoms with Gasteiger partial charge in [-0.05, 0) is 31.0 Å². The molecular formula is C15H21NO5. The number of aliphatic carboxylic acids is 1. The molecule has 1 N–H and O–H groups in total. The van der Waals surface area contributed by atoms with E-state index in [0.29, 0.717) is 17.9 Å². The number of amides is 1. The molecule has 116 valence electrons. The minimum absolute atomic E-state index is 0.209. The van der Waals surface area contributed by atoms with Gasteiger partial charge in [-0.15, -0.1) is 0 Å². The van der Waals surface area contributed by atoms with Crippen LogP contribution in [0.15, 0.2) is 18.2 Å². The Balaban J connectivity index is 2.67. The standard InChI is InChI=1S/C15H21NO5/c1-10(15(18)19)16(2)14(17)8-6-11-5-7-12(20-3)13(9-11)21-4/h5,7,9-10H,6,8H2,1-4H3,(H,18,19). The van der Waals surface area contributed by atoms with Gasteiger partial charge in [-0.3, -0.25) is 4.79 Å². The SMILES string of the molecule is COc1ccc(CCC(=O)N(C)C(C)C(=O)O)cc1OC. The molecule has 1 aromatic rings. The molecule has 21 heavy (non-hydrogen) atoms. The van der Waals surface area contributed by atoms with Crippen molar-refractivity contribution in [2.45, 2.75) is 25.8 Å². The Bertz CT molecular complexity index is 515. The number of likely N-dealkylation sites (N-methyl/N-ethyl adjacent to an activating group) is 1. The van der Waals surface area contributed by atoms with Crippen molar-refractivity contribution in [3.05, 3.63) is 23.8 Å². The van der Waals surface area contributed by atoms with Crippen molar-refractivity contribution >= 4 is 11.9 Å². The minimum Gasteiger partial charge on any atom is -0.493 e. The first-order valence-electron chi connectivity index (χ1n) is 6.60. The van der Waals surface area contributed by atoms with E-state index in [1.54, 1.807) is 20.3 Å². The summed E-state index contributed by atoms with van der Waals surface area (Å²) in [7, 11) is 4.61. The van der Waals surface area contributed by atoms with Crippen LogP contribution in [0.25, 0.3) is 0 Å². The molecule has 1 amide bonds. The van der Waals surface area contributed by atoms with E-state index in [1.807, 2.05) is 12.1 Å². The van der Waals surface area contributed by atoms with Crippen LogP contribution < -0.4 is 9.47 Å². The highest BCUT2D eigenvalue weighted by atomic mass is 16.5. The number of hydrogen-bond acceptors (Lipinski definition) is 4. The molecule has 1 atom stereocenters. The summed E-state index contributed by atoms with van der Waals surface area (Å²) in [6.07, 6.45) is 0.749. The Hall–Kier alpha value is -2.24. The van der Waals surface area contributed by atoms with Gasteiger partial charge in [0.05, 0.1) is 14.2 Å². The summed E-state index contributed by atoms with van der Waals surface area (Å²) in [5, 5.41) is 8.89. The summed E-state index contributed by atoms with van der Waals surface area (Å²) in [5.74, 6) is 0.00977. The molecule has 0 spiro atoms. The zero-order chi connectivity index (χ0) is 16.0. The fourth-order valence-electron chi connectivity index (χ4n) is 1.85. The number of hydrogen-bond donors (Lipinski definition) is 1. The van der Waals surface area contributed by atoms with Crippen LogP contribution >= 0.6 is 0 Å². The zero-order valence-electron chi connectivity index (χ0n) is 12.8. The Morgan fingerprint density at radius 2 is 1.86 bits per heavy atom. The molecule has 6 nitrogen and oxygen atoms in total. The lowest BCUT2D eigenvalue weighted by Crippen LogP contribution is -2.40. The van der Waals surface area contributed by atoms with E-state index >= 15 is 0 Å². The number of carbonyl (C=O) groups excluding carboxylic acids is 1. The number of nitrogens with zero attached hydrogens (tertiary/aromatic N) is 1. The van der Waals surface area contributed by atoms with Crippen molar-refractivity contribution in [2.75, 3.05) is 21.3 Å². The molecule has 0 fully saturated rings. The predicted molar refractivity (Wildman–Crippen MR) is 77.7 cm³/mol. The van der Waals surface area contributed by atoms with E-state index in [-0.39, 0.29) is 12.3 Å². The molecule has 0 aliphatic carbocycles. The highest BCUT2D eigenvalue weighted by Crippen LogP contribution is 2.28. The van der Waals surface area contributed by atoms with Crippen molar-refractivity contribution in [1.29, 1.82) is 0 Å². The molecule has 0 saturated carbocycles. The van der Waals surface area contributed by atoms with Gasteiger partial charge < -0.3 is 19.5 Å². The number of methoxy groups -OCH3 is 2. The van der Waals surface area contributed by atoms with E-state index in [0.717, 1.165) is 5.56 Å². The normalized spacial score (nSPS) is 11.6. The number of aryl methyl sites for hydroxylation is 1. The molecule has 0 saturated heterocycles. The maximum absolute atomic E-state index is 11.9. The lowest BCUT2D eigenvalue weighted by Gasteiger charge is -2.21. The molecule has 1 aromatic carbocycles. The van der Waals surface area contributed by atoms with Gasteiger partial charge in [0.1, 0.15) is 6.04 Å². The second-order valence-electron chi connectivity index (χ2n) is 4.71. The van der Waals surface area contributed by atoms with Gasteiger partial charge >= 0.3 is 5.97 Å². The van der Waals surface area contributed by atoms with Crippen LogP contribution in [0.1, 0.15) is 18.9 Å². The van der Waals surface area contributed by atoms with Crippen molar-refractivity contribution in [2.24, 2.45) is 0 Å². The molecule has 1 rings (SSSR count). The highest BCUT2D eigenvalue weighted by Gasteiger charge is 2.21. The van der Waals surface area contributed by atoms with Crippen molar-refractivity contribution in [3.8, 4) is 11.5 Å². The number of carboxylic acids is 1. The Labute approximate surface area is 124 Å². The Morgan fingerprint density at radius 3 is 2.38 bits per heavy atom. The van der Waals surface area contributed by atoms with Crippen LogP contribution in [0.4, 0.5) is 0 Å². The predicted octanol–water partition coefficient (Wildman–Crippen LogP) is 1.57. The van der Waals surface area contributed by atoms with Crippen molar-refractivity contribution in [3.63, 3.8) is 0 Å². The van der Waals surface area contributed by atoms with Gasteiger partial charge in [0, 0.05) is 13.5 Å². The van der Waals surface area contributed by atoms with E-state index in [9.17, 15) is 9.59 Å². The van der Waals surface area contributed by atoms with E-state index in [2.05, 4.69) is 0 Å². The fraction of sp³-hybridized carbons (Fsp3) is 0.467. The first-order valence-corrected chi connectivity index (χ1v) is 6.60. The lowest BCUT2D eigenvalue weighted by molar-refractivity contribution is -0.148. The molecule has 0 aliphatic heterocycles. The third kappa shape index (κ3) is 4.37. The molecule has 1 unspecified atom stereocenters. The van der Waals surface area contributed by atoms with Crippen LogP contribution in [-0.2, 0) is 16.0 Å². The highest BCUT2D eigenvalue weighted by molar-refractivity contribution is 5.83. The first-order chi connectivity index (χ1) is 9.90. The first kappa shape index (κ1) is 16.8. The maximum atomic E-state index is 11.9. The number of carboxylic acid groups (broad SMARTS) is 1. The average molecular weight is 295 g/mol. The topological polar surface area (TPSA) is 76.1 Å². The zero-order valence-corrected chi connectivity index (χ0v) is 12.8. The number of benzene rings is 1. The third-order valence-corrected chi connectivity index (χ3v) is 3.41. The number of carbonyl (C=O) groups is 2. The molecule has 6 heteroatoms. The van der Waals surface area contributed by atoms with E-state index in [4.69, 9.17) is 14.6 Å². The van der Waals surface area contributed by atoms with Gasteiger partial charge in [0.2, 0.25) is 5.91 Å². The van der Waals surface area contributed by atoms with Crippen LogP contribution in [0.2, 0.25) is 0 Å². The summed E-state index contributed by atoms with van der Waals surface area (Å²) in [6, 6.07) is 4.62. The molecule has 0 heterocycles. The van der Waals surface area contributed by atoms with Crippen molar-refractivity contribution in [1.82, 2.24) is 4.90 Å². The Morgan fingerprint density at radius 1 is 1.24 bits per heavy atom. The molecule has 0 bridgehead atoms. The van der Waals surface area contributed by atoms with Gasteiger partial charge in [-0.2, -0.15) is 0 Å². The quantitative estimate of drug-likeness (QED) is 0.826. The van der Waals surface area contributed by atoms with Crippen molar-refractivity contribution < 1.29 is 24.2 Å². The summed E-state index contributed by atoms with van der Waals surface area (Å²) >= 11 is 0. The maximum Gasteiger partial charge on any atom is 0.326 e. The second-order valence-corrected chi connectivity index (χ2v) is 4.71. The number of ether oxygens (including phenoxy) is 2.